The SMILES string of the molecule is CNC1CCN(CC(=O)c2ccc[nH]2)CC1. The second kappa shape index (κ2) is 5.27. The van der Waals surface area contributed by atoms with Crippen molar-refractivity contribution >= 4 is 5.78 Å². The maximum absolute atomic E-state index is 11.8. The number of aromatic amines is 1. The molecule has 0 bridgehead atoms. The maximum atomic E-state index is 11.8. The third kappa shape index (κ3) is 2.71. The van der Waals surface area contributed by atoms with Crippen LogP contribution in [0.3, 0.4) is 0 Å². The molecular formula is C12H19N3O. The van der Waals surface area contributed by atoms with Gasteiger partial charge in [-0.3, -0.25) is 9.69 Å². The number of nitrogens with one attached hydrogen (secondary N) is 2. The lowest BCUT2D eigenvalue weighted by atomic mass is 10.1. The first-order valence-electron chi connectivity index (χ1n) is 5.86. The van der Waals surface area contributed by atoms with Gasteiger partial charge in [-0.2, -0.15) is 0 Å². The summed E-state index contributed by atoms with van der Waals surface area (Å²) in [5, 5.41) is 3.29. The predicted molar refractivity (Wildman–Crippen MR) is 63.6 cm³/mol. The van der Waals surface area contributed by atoms with Crippen LogP contribution in [0.15, 0.2) is 18.3 Å². The molecule has 0 radical (unpaired) electrons. The molecule has 1 aliphatic rings. The fraction of sp³-hybridized carbons (Fsp3) is 0.583. The number of H-pyrrole nitrogens is 1. The molecule has 0 spiro atoms. The van der Waals surface area contributed by atoms with E-state index in [4.69, 9.17) is 0 Å². The number of nitrogens with zero attached hydrogens (tertiary/aromatic N) is 1. The zero-order valence-corrected chi connectivity index (χ0v) is 9.70. The Balaban J connectivity index is 1.81. The van der Waals surface area contributed by atoms with Crippen LogP contribution in [0, 0.1) is 0 Å². The molecule has 2 heterocycles. The van der Waals surface area contributed by atoms with Gasteiger partial charge in [-0.1, -0.05) is 0 Å². The Labute approximate surface area is 96.0 Å². The van der Waals surface area contributed by atoms with Crippen LogP contribution < -0.4 is 5.32 Å². The molecule has 1 aromatic heterocycles. The summed E-state index contributed by atoms with van der Waals surface area (Å²) < 4.78 is 0. The number of piperidine rings is 1. The average Bonchev–Trinajstić information content (AvgIpc) is 2.83. The van der Waals surface area contributed by atoms with Gasteiger partial charge in [-0.25, -0.2) is 0 Å². The number of hydrogen-bond donors (Lipinski definition) is 2. The summed E-state index contributed by atoms with van der Waals surface area (Å²) in [6.07, 6.45) is 4.06. The van der Waals surface area contributed by atoms with E-state index in [1.54, 1.807) is 6.20 Å². The molecule has 0 saturated carbocycles. The Kier molecular flexibility index (Phi) is 3.74. The van der Waals surface area contributed by atoms with Crippen LogP contribution in [-0.2, 0) is 0 Å². The van der Waals surface area contributed by atoms with Gasteiger partial charge in [0.2, 0.25) is 0 Å². The maximum Gasteiger partial charge on any atom is 0.192 e. The summed E-state index contributed by atoms with van der Waals surface area (Å²) in [6.45, 7) is 2.56. The van der Waals surface area contributed by atoms with Crippen LogP contribution in [0.2, 0.25) is 0 Å². The third-order valence-corrected chi connectivity index (χ3v) is 3.26. The van der Waals surface area contributed by atoms with Crippen LogP contribution in [-0.4, -0.2) is 48.4 Å². The molecule has 0 aromatic carbocycles. The van der Waals surface area contributed by atoms with Gasteiger partial charge in [0.1, 0.15) is 0 Å². The van der Waals surface area contributed by atoms with Gasteiger partial charge in [0.15, 0.2) is 5.78 Å². The van der Waals surface area contributed by atoms with Crippen LogP contribution in [0.4, 0.5) is 0 Å². The fourth-order valence-corrected chi connectivity index (χ4v) is 2.17. The molecule has 0 unspecified atom stereocenters. The van der Waals surface area contributed by atoms with Crippen LogP contribution in [0.1, 0.15) is 23.3 Å². The number of rotatable bonds is 4. The first-order valence-corrected chi connectivity index (χ1v) is 5.86. The summed E-state index contributed by atoms with van der Waals surface area (Å²) in [7, 11) is 2.00. The standard InChI is InChI=1S/C12H19N3O/c1-13-10-4-7-15(8-5-10)9-12(16)11-3-2-6-14-11/h2-3,6,10,13-14H,4-5,7-9H2,1H3. The molecule has 2 N–H and O–H groups in total. The first kappa shape index (κ1) is 11.4. The highest BCUT2D eigenvalue weighted by Crippen LogP contribution is 2.10. The molecule has 1 saturated heterocycles. The van der Waals surface area contributed by atoms with E-state index >= 15 is 0 Å². The number of hydrogen-bond acceptors (Lipinski definition) is 3. The largest absolute Gasteiger partial charge is 0.359 e. The minimum atomic E-state index is 0.188. The summed E-state index contributed by atoms with van der Waals surface area (Å²) in [5.41, 5.74) is 0.718. The van der Waals surface area contributed by atoms with Crippen LogP contribution >= 0.6 is 0 Å². The van der Waals surface area contributed by atoms with E-state index in [1.807, 2.05) is 19.2 Å². The topological polar surface area (TPSA) is 48.1 Å². The average molecular weight is 221 g/mol. The van der Waals surface area contributed by atoms with Gasteiger partial charge < -0.3 is 10.3 Å². The second-order valence-corrected chi connectivity index (χ2v) is 4.35. The molecule has 88 valence electrons. The fourth-order valence-electron chi connectivity index (χ4n) is 2.17. The summed E-state index contributed by atoms with van der Waals surface area (Å²) in [5.74, 6) is 0.188. The first-order chi connectivity index (χ1) is 7.79. The van der Waals surface area contributed by atoms with Gasteiger partial charge in [0.25, 0.3) is 0 Å². The number of likely N-dealkylation sites (tertiary alicyclic amines) is 1. The van der Waals surface area contributed by atoms with E-state index < -0.39 is 0 Å². The van der Waals surface area contributed by atoms with E-state index in [1.165, 1.54) is 0 Å². The Morgan fingerprint density at radius 1 is 1.56 bits per heavy atom. The summed E-state index contributed by atoms with van der Waals surface area (Å²) in [4.78, 5) is 17.0. The Morgan fingerprint density at radius 3 is 2.88 bits per heavy atom. The summed E-state index contributed by atoms with van der Waals surface area (Å²) in [6, 6.07) is 4.32. The molecule has 4 heteroatoms. The van der Waals surface area contributed by atoms with E-state index in [2.05, 4.69) is 15.2 Å². The highest BCUT2D eigenvalue weighted by atomic mass is 16.1. The quantitative estimate of drug-likeness (QED) is 0.742. The van der Waals surface area contributed by atoms with Crippen molar-refractivity contribution in [1.29, 1.82) is 0 Å². The molecule has 0 amide bonds. The van der Waals surface area contributed by atoms with E-state index in [0.717, 1.165) is 31.6 Å². The van der Waals surface area contributed by atoms with Crippen molar-refractivity contribution in [3.05, 3.63) is 24.0 Å². The highest BCUT2D eigenvalue weighted by Gasteiger charge is 2.20. The second-order valence-electron chi connectivity index (χ2n) is 4.35. The van der Waals surface area contributed by atoms with Gasteiger partial charge in [-0.05, 0) is 32.0 Å². The van der Waals surface area contributed by atoms with Crippen LogP contribution in [0.25, 0.3) is 0 Å². The minimum Gasteiger partial charge on any atom is -0.359 e. The molecule has 0 atom stereocenters. The molecular weight excluding hydrogens is 202 g/mol. The number of carbonyl (C=O) groups is 1. The number of Topliss-reactive ketones (excluding diaryl/α,β-unsaturated/α-hetero) is 1. The normalized spacial score (nSPS) is 18.8. The molecule has 1 aromatic rings. The zero-order valence-electron chi connectivity index (χ0n) is 9.70. The van der Waals surface area contributed by atoms with E-state index in [-0.39, 0.29) is 5.78 Å². The molecule has 4 nitrogen and oxygen atoms in total. The Bertz CT molecular complexity index is 326. The molecule has 0 aliphatic carbocycles. The van der Waals surface area contributed by atoms with Gasteiger partial charge in [0.05, 0.1) is 12.2 Å². The van der Waals surface area contributed by atoms with E-state index in [0.29, 0.717) is 12.6 Å². The van der Waals surface area contributed by atoms with Gasteiger partial charge >= 0.3 is 0 Å². The lowest BCUT2D eigenvalue weighted by molar-refractivity contribution is 0.0901. The van der Waals surface area contributed by atoms with Crippen molar-refractivity contribution < 1.29 is 4.79 Å². The van der Waals surface area contributed by atoms with Crippen molar-refractivity contribution in [3.8, 4) is 0 Å². The summed E-state index contributed by atoms with van der Waals surface area (Å²) >= 11 is 0. The highest BCUT2D eigenvalue weighted by molar-refractivity contribution is 5.95. The van der Waals surface area contributed by atoms with E-state index in [9.17, 15) is 4.79 Å². The molecule has 2 rings (SSSR count). The molecule has 1 fully saturated rings. The van der Waals surface area contributed by atoms with Crippen molar-refractivity contribution in [1.82, 2.24) is 15.2 Å². The number of carbonyl (C=O) groups excluding carboxylic acids is 1. The van der Waals surface area contributed by atoms with Crippen molar-refractivity contribution in [3.63, 3.8) is 0 Å². The number of ketones is 1. The predicted octanol–water partition coefficient (Wildman–Crippen LogP) is 0.881. The molecule has 1 aliphatic heterocycles. The van der Waals surface area contributed by atoms with Crippen molar-refractivity contribution in [2.75, 3.05) is 26.7 Å². The van der Waals surface area contributed by atoms with Crippen molar-refractivity contribution in [2.45, 2.75) is 18.9 Å². The van der Waals surface area contributed by atoms with Gasteiger partial charge in [0, 0.05) is 25.3 Å². The number of aromatic nitrogens is 1. The molecule has 16 heavy (non-hydrogen) atoms. The van der Waals surface area contributed by atoms with Crippen LogP contribution in [0.5, 0.6) is 0 Å². The zero-order chi connectivity index (χ0) is 11.4. The van der Waals surface area contributed by atoms with Gasteiger partial charge in [-0.15, -0.1) is 0 Å². The van der Waals surface area contributed by atoms with Crippen molar-refractivity contribution in [2.24, 2.45) is 0 Å². The third-order valence-electron chi connectivity index (χ3n) is 3.26. The monoisotopic (exact) mass is 221 g/mol. The lowest BCUT2D eigenvalue weighted by Gasteiger charge is -2.31. The Hall–Kier alpha value is -1.13. The lowest BCUT2D eigenvalue weighted by Crippen LogP contribution is -2.43. The smallest absolute Gasteiger partial charge is 0.192 e. The Morgan fingerprint density at radius 2 is 2.31 bits per heavy atom. The minimum absolute atomic E-state index is 0.188.